The molecule has 17 nitrogen and oxygen atoms in total. The van der Waals surface area contributed by atoms with E-state index < -0.39 is 104 Å². The molecule has 2 aromatic carbocycles. The second-order valence-electron chi connectivity index (χ2n) is 12.2. The first-order valence-electron chi connectivity index (χ1n) is 15.3. The third-order valence-electron chi connectivity index (χ3n) is 9.02. The van der Waals surface area contributed by atoms with Crippen molar-refractivity contribution < 1.29 is 64.2 Å². The molecule has 14 N–H and O–H groups in total. The Hall–Kier alpha value is -2.59. The first-order chi connectivity index (χ1) is 22.3. The average molecular weight is 669 g/mol. The number of nitrogens with two attached hydrogens (primary N) is 3. The number of rotatable bonds is 9. The Kier molecular flexibility index (Phi) is 11.3. The van der Waals surface area contributed by atoms with E-state index >= 15 is 0 Å². The molecular weight excluding hydrogens is 624 g/mol. The summed E-state index contributed by atoms with van der Waals surface area (Å²) >= 11 is 0. The van der Waals surface area contributed by atoms with Crippen LogP contribution in [-0.4, -0.2) is 154 Å². The number of aliphatic hydroxyl groups is 7. The Morgan fingerprint density at radius 2 is 1.38 bits per heavy atom. The Morgan fingerprint density at radius 3 is 2.02 bits per heavy atom. The first-order valence-corrected chi connectivity index (χ1v) is 15.3. The molecule has 3 fully saturated rings. The van der Waals surface area contributed by atoms with Crippen LogP contribution in [0.15, 0.2) is 36.4 Å². The maximum atomic E-state index is 13.0. The number of hydrogen-bond acceptors (Lipinski definition) is 16. The number of fused-ring (bicyclic) bond motifs is 1. The van der Waals surface area contributed by atoms with Gasteiger partial charge in [0, 0.05) is 24.2 Å². The SMILES string of the molecule is COc1ccc2cc(C(=O)NC[C@H]3O[C@H](O[C@H]4[C@H](O)[C@@H](O[C@H]5O[C@H](CO)[C@@H](O)[C@H](N)[C@H]5O)[C@H](N)C[C@@H]4N)[C@H](O)[C@@H](O)[C@@H]3O)ccc2c1. The predicted molar refractivity (Wildman–Crippen MR) is 162 cm³/mol. The van der Waals surface area contributed by atoms with Crippen molar-refractivity contribution in [3.63, 3.8) is 0 Å². The van der Waals surface area contributed by atoms with Gasteiger partial charge >= 0.3 is 0 Å². The van der Waals surface area contributed by atoms with Gasteiger partial charge in [-0.1, -0.05) is 12.1 Å². The quantitative estimate of drug-likeness (QED) is 0.120. The number of hydrogen-bond donors (Lipinski definition) is 11. The Morgan fingerprint density at radius 1 is 0.787 bits per heavy atom. The lowest BCUT2D eigenvalue weighted by Crippen LogP contribution is -2.68. The van der Waals surface area contributed by atoms with E-state index in [0.717, 1.165) is 10.8 Å². The van der Waals surface area contributed by atoms with Gasteiger partial charge in [-0.25, -0.2) is 0 Å². The van der Waals surface area contributed by atoms with Crippen molar-refractivity contribution in [2.75, 3.05) is 20.3 Å². The number of carbonyl (C=O) groups is 1. The topological polar surface area (TPSA) is 295 Å². The predicted octanol–water partition coefficient (Wildman–Crippen LogP) is -4.66. The zero-order valence-electron chi connectivity index (χ0n) is 25.6. The van der Waals surface area contributed by atoms with Crippen LogP contribution in [0.25, 0.3) is 10.8 Å². The fourth-order valence-corrected chi connectivity index (χ4v) is 6.16. The summed E-state index contributed by atoms with van der Waals surface area (Å²) in [5.41, 5.74) is 18.6. The zero-order valence-corrected chi connectivity index (χ0v) is 25.6. The minimum absolute atomic E-state index is 0.0271. The highest BCUT2D eigenvalue weighted by Crippen LogP contribution is 2.31. The molecule has 1 aliphatic carbocycles. The molecule has 47 heavy (non-hydrogen) atoms. The molecule has 262 valence electrons. The Balaban J connectivity index is 1.24. The van der Waals surface area contributed by atoms with Gasteiger partial charge in [0.15, 0.2) is 12.6 Å². The van der Waals surface area contributed by atoms with Crippen LogP contribution in [0.2, 0.25) is 0 Å². The van der Waals surface area contributed by atoms with Gasteiger partial charge in [-0.2, -0.15) is 0 Å². The second kappa shape index (κ2) is 14.9. The molecule has 0 radical (unpaired) electrons. The Bertz CT molecular complexity index is 1370. The third kappa shape index (κ3) is 7.38. The van der Waals surface area contributed by atoms with Gasteiger partial charge in [-0.3, -0.25) is 4.79 Å². The number of nitrogens with one attached hydrogen (secondary N) is 1. The second-order valence-corrected chi connectivity index (χ2v) is 12.2. The van der Waals surface area contributed by atoms with Crippen LogP contribution in [0.3, 0.4) is 0 Å². The van der Waals surface area contributed by atoms with Gasteiger partial charge in [-0.05, 0) is 41.5 Å². The number of methoxy groups -OCH3 is 1. The molecule has 2 heterocycles. The molecule has 0 spiro atoms. The summed E-state index contributed by atoms with van der Waals surface area (Å²) in [6.45, 7) is -0.906. The summed E-state index contributed by atoms with van der Waals surface area (Å²) < 4.78 is 28.1. The maximum absolute atomic E-state index is 13.0. The molecular formula is C30H44N4O13. The van der Waals surface area contributed by atoms with Crippen molar-refractivity contribution in [3.05, 3.63) is 42.0 Å². The summed E-state index contributed by atoms with van der Waals surface area (Å²) in [5, 5.41) is 77.6. The number of benzene rings is 2. The molecule has 2 aliphatic heterocycles. The van der Waals surface area contributed by atoms with Crippen LogP contribution in [0.1, 0.15) is 16.8 Å². The van der Waals surface area contributed by atoms with Gasteiger partial charge in [0.2, 0.25) is 0 Å². The van der Waals surface area contributed by atoms with E-state index in [1.54, 1.807) is 37.4 Å². The fourth-order valence-electron chi connectivity index (χ4n) is 6.16. The number of amides is 1. The monoisotopic (exact) mass is 668 g/mol. The van der Waals surface area contributed by atoms with E-state index in [-0.39, 0.29) is 13.0 Å². The van der Waals surface area contributed by atoms with Crippen LogP contribution in [0, 0.1) is 0 Å². The van der Waals surface area contributed by atoms with Crippen LogP contribution in [-0.2, 0) is 18.9 Å². The van der Waals surface area contributed by atoms with Crippen molar-refractivity contribution in [2.45, 2.75) is 98.2 Å². The molecule has 0 bridgehead atoms. The van der Waals surface area contributed by atoms with E-state index in [1.165, 1.54) is 0 Å². The minimum Gasteiger partial charge on any atom is -0.497 e. The summed E-state index contributed by atoms with van der Waals surface area (Å²) in [4.78, 5) is 13.0. The number of ether oxygens (including phenoxy) is 5. The van der Waals surface area contributed by atoms with E-state index in [1.807, 2.05) is 6.07 Å². The first kappa shape index (κ1) is 35.7. The van der Waals surface area contributed by atoms with E-state index in [9.17, 15) is 40.5 Å². The van der Waals surface area contributed by atoms with Crippen molar-refractivity contribution in [1.29, 1.82) is 0 Å². The lowest BCUT2D eigenvalue weighted by Gasteiger charge is -2.48. The van der Waals surface area contributed by atoms with Crippen molar-refractivity contribution >= 4 is 16.7 Å². The van der Waals surface area contributed by atoms with Gasteiger partial charge in [-0.15, -0.1) is 0 Å². The van der Waals surface area contributed by atoms with Gasteiger partial charge < -0.3 is 81.9 Å². The van der Waals surface area contributed by atoms with Gasteiger partial charge in [0.1, 0.15) is 66.8 Å². The smallest absolute Gasteiger partial charge is 0.251 e. The molecule has 1 amide bonds. The molecule has 2 saturated heterocycles. The molecule has 15 atom stereocenters. The number of aliphatic hydroxyl groups excluding tert-OH is 7. The maximum Gasteiger partial charge on any atom is 0.251 e. The standard InChI is InChI=1S/C30H44N4O13/c1-43-14-5-4-11-6-13(3-2-12(11)7-14)28(42)34-9-17-21(37)23(39)24(40)30(44-17)47-27-16(32)8-15(31)26(25(27)41)46-29-22(38)19(33)20(36)18(10-35)45-29/h2-7,15-27,29-30,35-41H,8-10,31-33H2,1H3,(H,34,42)/t15-,16+,17-,18-,19+,20-,21-,22-,23+,24-,25-,26+,27-,29-,30-/m1/s1. The van der Waals surface area contributed by atoms with E-state index in [2.05, 4.69) is 5.32 Å². The highest BCUT2D eigenvalue weighted by molar-refractivity contribution is 5.98. The molecule has 0 aromatic heterocycles. The largest absolute Gasteiger partial charge is 0.497 e. The Labute approximate surface area is 269 Å². The summed E-state index contributed by atoms with van der Waals surface area (Å²) in [7, 11) is 1.56. The molecule has 17 heteroatoms. The van der Waals surface area contributed by atoms with Crippen molar-refractivity contribution in [2.24, 2.45) is 17.2 Å². The van der Waals surface area contributed by atoms with Crippen molar-refractivity contribution in [3.8, 4) is 5.75 Å². The normalized spacial score (nSPS) is 41.0. The highest BCUT2D eigenvalue weighted by atomic mass is 16.7. The number of carbonyl (C=O) groups excluding carboxylic acids is 1. The summed E-state index contributed by atoms with van der Waals surface area (Å²) in [6.07, 6.45) is -17.7. The molecule has 3 aliphatic rings. The van der Waals surface area contributed by atoms with Crippen LogP contribution in [0.4, 0.5) is 0 Å². The minimum atomic E-state index is -1.78. The zero-order chi connectivity index (χ0) is 34.2. The summed E-state index contributed by atoms with van der Waals surface area (Å²) in [6, 6.07) is 7.40. The van der Waals surface area contributed by atoms with Crippen molar-refractivity contribution in [1.82, 2.24) is 5.32 Å². The molecule has 2 aromatic rings. The summed E-state index contributed by atoms with van der Waals surface area (Å²) in [5.74, 6) is 0.181. The average Bonchev–Trinajstić information content (AvgIpc) is 3.06. The molecule has 5 rings (SSSR count). The van der Waals surface area contributed by atoms with Crippen LogP contribution < -0.4 is 27.3 Å². The highest BCUT2D eigenvalue weighted by Gasteiger charge is 2.51. The molecule has 0 unspecified atom stereocenters. The molecule has 1 saturated carbocycles. The lowest BCUT2D eigenvalue weighted by atomic mass is 9.84. The third-order valence-corrected chi connectivity index (χ3v) is 9.02. The van der Waals surface area contributed by atoms with E-state index in [4.69, 9.17) is 40.9 Å². The van der Waals surface area contributed by atoms with Gasteiger partial charge in [0.25, 0.3) is 5.91 Å². The van der Waals surface area contributed by atoms with Gasteiger partial charge in [0.05, 0.1) is 19.8 Å². The van der Waals surface area contributed by atoms with Crippen LogP contribution in [0.5, 0.6) is 5.75 Å². The van der Waals surface area contributed by atoms with Crippen LogP contribution >= 0.6 is 0 Å². The fraction of sp³-hybridized carbons (Fsp3) is 0.633. The van der Waals surface area contributed by atoms with E-state index in [0.29, 0.717) is 11.3 Å². The lowest BCUT2D eigenvalue weighted by molar-refractivity contribution is -0.332.